The average Bonchev–Trinajstić information content (AvgIpc) is 2.59. The van der Waals surface area contributed by atoms with Gasteiger partial charge in [-0.1, -0.05) is 0 Å². The molecule has 4 nitrogen and oxygen atoms in total. The van der Waals surface area contributed by atoms with Crippen LogP contribution in [0.3, 0.4) is 0 Å². The molecule has 0 fully saturated rings. The van der Waals surface area contributed by atoms with Crippen molar-refractivity contribution >= 4 is 32.9 Å². The highest BCUT2D eigenvalue weighted by atomic mass is 79.9. The van der Waals surface area contributed by atoms with E-state index in [1.165, 1.54) is 7.11 Å². The molecule has 1 N–H and O–H groups in total. The van der Waals surface area contributed by atoms with Gasteiger partial charge in [-0.2, -0.15) is 4.39 Å². The van der Waals surface area contributed by atoms with Crippen molar-refractivity contribution in [3.05, 3.63) is 28.2 Å². The Balaban J connectivity index is 2.45. The van der Waals surface area contributed by atoms with Crippen molar-refractivity contribution in [1.29, 1.82) is 0 Å². The summed E-state index contributed by atoms with van der Waals surface area (Å²) < 4.78 is 18.1. The number of hydrogen-bond donors (Lipinski definition) is 1. The molecule has 0 spiro atoms. The first-order chi connectivity index (χ1) is 7.60. The maximum Gasteiger partial charge on any atom is 0.309 e. The molecular weight excluding hydrogens is 279 g/mol. The number of hydrogen-bond acceptors (Lipinski definition) is 3. The smallest absolute Gasteiger partial charge is 0.309 e. The lowest BCUT2D eigenvalue weighted by Crippen LogP contribution is -2.04. The van der Waals surface area contributed by atoms with Gasteiger partial charge in [0.05, 0.1) is 19.0 Å². The van der Waals surface area contributed by atoms with Crippen LogP contribution < -0.4 is 0 Å². The lowest BCUT2D eigenvalue weighted by molar-refractivity contribution is -0.139. The summed E-state index contributed by atoms with van der Waals surface area (Å²) in [6.07, 6.45) is -0.503. The normalized spacial score (nSPS) is 10.7. The largest absolute Gasteiger partial charge is 0.469 e. The number of H-pyrrole nitrogens is 1. The zero-order valence-electron chi connectivity index (χ0n) is 8.38. The van der Waals surface area contributed by atoms with E-state index < -0.39 is 6.08 Å². The van der Waals surface area contributed by atoms with Crippen LogP contribution in [0.25, 0.3) is 11.0 Å². The molecule has 0 radical (unpaired) electrons. The summed E-state index contributed by atoms with van der Waals surface area (Å²) in [5.41, 5.74) is 1.78. The number of rotatable bonds is 2. The summed E-state index contributed by atoms with van der Waals surface area (Å²) in [5.74, 6) is -0.341. The van der Waals surface area contributed by atoms with E-state index in [9.17, 15) is 9.18 Å². The first-order valence-electron chi connectivity index (χ1n) is 4.50. The summed E-state index contributed by atoms with van der Waals surface area (Å²) in [7, 11) is 1.33. The highest BCUT2D eigenvalue weighted by Gasteiger charge is 2.10. The van der Waals surface area contributed by atoms with E-state index in [1.54, 1.807) is 12.1 Å². The van der Waals surface area contributed by atoms with Crippen molar-refractivity contribution in [2.24, 2.45) is 0 Å². The first-order valence-corrected chi connectivity index (χ1v) is 5.30. The van der Waals surface area contributed by atoms with Gasteiger partial charge in [-0.15, -0.1) is 0 Å². The molecule has 0 aliphatic carbocycles. The number of methoxy groups -OCH3 is 1. The second kappa shape index (κ2) is 4.21. The fourth-order valence-corrected chi connectivity index (χ4v) is 2.04. The number of fused-ring (bicyclic) bond motifs is 1. The number of ether oxygens (including phenoxy) is 1. The van der Waals surface area contributed by atoms with Crippen LogP contribution in [0.4, 0.5) is 4.39 Å². The minimum atomic E-state index is -0.647. The molecule has 0 saturated heterocycles. The third-order valence-corrected chi connectivity index (χ3v) is 2.75. The second-order valence-electron chi connectivity index (χ2n) is 3.25. The predicted octanol–water partition coefficient (Wildman–Crippen LogP) is 2.18. The van der Waals surface area contributed by atoms with Gasteiger partial charge < -0.3 is 9.72 Å². The molecular formula is C10H8BrFN2O2. The van der Waals surface area contributed by atoms with E-state index in [0.29, 0.717) is 15.5 Å². The van der Waals surface area contributed by atoms with Gasteiger partial charge in [-0.05, 0) is 33.6 Å². The number of nitrogens with zero attached hydrogens (tertiary/aromatic N) is 1. The van der Waals surface area contributed by atoms with Gasteiger partial charge in [-0.3, -0.25) is 4.79 Å². The lowest BCUT2D eigenvalue weighted by atomic mass is 10.1. The van der Waals surface area contributed by atoms with Crippen molar-refractivity contribution in [2.45, 2.75) is 6.42 Å². The van der Waals surface area contributed by atoms with Crippen molar-refractivity contribution in [3.63, 3.8) is 0 Å². The Morgan fingerprint density at radius 2 is 2.38 bits per heavy atom. The zero-order valence-corrected chi connectivity index (χ0v) is 9.97. The molecule has 6 heteroatoms. The molecule has 0 atom stereocenters. The van der Waals surface area contributed by atoms with E-state index >= 15 is 0 Å². The number of aromatic nitrogens is 2. The summed E-state index contributed by atoms with van der Waals surface area (Å²) in [4.78, 5) is 17.2. The van der Waals surface area contributed by atoms with Crippen LogP contribution in [0.15, 0.2) is 16.6 Å². The van der Waals surface area contributed by atoms with E-state index in [-0.39, 0.29) is 12.4 Å². The Morgan fingerprint density at radius 1 is 1.62 bits per heavy atom. The maximum atomic E-state index is 12.9. The number of carbonyl (C=O) groups is 1. The van der Waals surface area contributed by atoms with Crippen molar-refractivity contribution in [1.82, 2.24) is 9.97 Å². The molecule has 0 bridgehead atoms. The lowest BCUT2D eigenvalue weighted by Gasteiger charge is -2.01. The predicted molar refractivity (Wildman–Crippen MR) is 59.5 cm³/mol. The third kappa shape index (κ3) is 2.06. The molecule has 0 amide bonds. The van der Waals surface area contributed by atoms with Crippen LogP contribution >= 0.6 is 15.9 Å². The standard InChI is InChI=1S/C10H8BrFN2O2/c1-16-8(15)4-5-2-6(11)9-7(3-5)13-10(12)14-9/h2-3H,4H2,1H3,(H,13,14). The van der Waals surface area contributed by atoms with Gasteiger partial charge >= 0.3 is 5.97 Å². The molecule has 0 aliphatic heterocycles. The van der Waals surface area contributed by atoms with E-state index in [1.807, 2.05) is 0 Å². The number of aromatic amines is 1. The van der Waals surface area contributed by atoms with E-state index in [2.05, 4.69) is 30.6 Å². The van der Waals surface area contributed by atoms with Crippen LogP contribution in [0.1, 0.15) is 5.56 Å². The van der Waals surface area contributed by atoms with Crippen LogP contribution in [0.2, 0.25) is 0 Å². The van der Waals surface area contributed by atoms with Crippen LogP contribution in [0.5, 0.6) is 0 Å². The molecule has 1 aromatic carbocycles. The highest BCUT2D eigenvalue weighted by molar-refractivity contribution is 9.10. The Bertz CT molecular complexity index is 553. The topological polar surface area (TPSA) is 55.0 Å². The minimum absolute atomic E-state index is 0.145. The molecule has 0 saturated carbocycles. The van der Waals surface area contributed by atoms with Crippen LogP contribution in [-0.4, -0.2) is 23.0 Å². The maximum absolute atomic E-state index is 12.9. The number of halogens is 2. The van der Waals surface area contributed by atoms with Crippen LogP contribution in [0, 0.1) is 6.08 Å². The number of benzene rings is 1. The van der Waals surface area contributed by atoms with Crippen LogP contribution in [-0.2, 0) is 16.0 Å². The zero-order chi connectivity index (χ0) is 11.7. The highest BCUT2D eigenvalue weighted by Crippen LogP contribution is 2.24. The monoisotopic (exact) mass is 286 g/mol. The van der Waals surface area contributed by atoms with Gasteiger partial charge in [0.2, 0.25) is 0 Å². The molecule has 1 aromatic heterocycles. The number of nitrogens with one attached hydrogen (secondary N) is 1. The SMILES string of the molecule is COC(=O)Cc1cc(Br)c2nc(F)[nH]c2c1. The average molecular weight is 287 g/mol. The summed E-state index contributed by atoms with van der Waals surface area (Å²) in [5, 5.41) is 0. The molecule has 2 rings (SSSR count). The molecule has 0 aliphatic rings. The Hall–Kier alpha value is -1.43. The fraction of sp³-hybridized carbons (Fsp3) is 0.200. The van der Waals surface area contributed by atoms with Gasteiger partial charge in [0, 0.05) is 4.47 Å². The van der Waals surface area contributed by atoms with Crippen molar-refractivity contribution in [2.75, 3.05) is 7.11 Å². The fourth-order valence-electron chi connectivity index (χ4n) is 1.44. The quantitative estimate of drug-likeness (QED) is 0.861. The van der Waals surface area contributed by atoms with Gasteiger partial charge in [-0.25, -0.2) is 4.98 Å². The second-order valence-corrected chi connectivity index (χ2v) is 4.11. The molecule has 1 heterocycles. The Labute approximate surface area is 98.9 Å². The number of esters is 1. The summed E-state index contributed by atoms with van der Waals surface area (Å²) >= 11 is 3.27. The third-order valence-electron chi connectivity index (χ3n) is 2.15. The van der Waals surface area contributed by atoms with Crippen molar-refractivity contribution in [3.8, 4) is 0 Å². The number of imidazole rings is 1. The van der Waals surface area contributed by atoms with Gasteiger partial charge in [0.15, 0.2) is 0 Å². The van der Waals surface area contributed by atoms with E-state index in [4.69, 9.17) is 0 Å². The first kappa shape index (κ1) is 11.1. The Kier molecular flexibility index (Phi) is 2.91. The van der Waals surface area contributed by atoms with E-state index in [0.717, 1.165) is 5.56 Å². The van der Waals surface area contributed by atoms with Gasteiger partial charge in [0.25, 0.3) is 6.08 Å². The minimum Gasteiger partial charge on any atom is -0.469 e. The number of carbonyl (C=O) groups excluding carboxylic acids is 1. The van der Waals surface area contributed by atoms with Crippen molar-refractivity contribution < 1.29 is 13.9 Å². The summed E-state index contributed by atoms with van der Waals surface area (Å²) in [6.45, 7) is 0. The molecule has 0 unspecified atom stereocenters. The van der Waals surface area contributed by atoms with Gasteiger partial charge in [0.1, 0.15) is 5.52 Å². The molecule has 16 heavy (non-hydrogen) atoms. The molecule has 2 aromatic rings. The Morgan fingerprint density at radius 3 is 3.06 bits per heavy atom. The summed E-state index contributed by atoms with van der Waals surface area (Å²) in [6, 6.07) is 3.40. The molecule has 84 valence electrons.